The third-order valence-electron chi connectivity index (χ3n) is 3.40. The molecule has 1 N–H and O–H groups in total. The number of hydrogen-bond acceptors (Lipinski definition) is 4. The number of rotatable bonds is 6. The Balaban J connectivity index is 2.34. The van der Waals surface area contributed by atoms with E-state index < -0.39 is 0 Å². The van der Waals surface area contributed by atoms with Crippen LogP contribution in [-0.2, 0) is 0 Å². The fourth-order valence-corrected chi connectivity index (χ4v) is 2.21. The fourth-order valence-electron chi connectivity index (χ4n) is 2.21. The van der Waals surface area contributed by atoms with Gasteiger partial charge in [-0.2, -0.15) is 4.98 Å². The molecule has 0 saturated heterocycles. The summed E-state index contributed by atoms with van der Waals surface area (Å²) in [6, 6.07) is 8.54. The summed E-state index contributed by atoms with van der Waals surface area (Å²) in [5.74, 6) is 1.66. The van der Waals surface area contributed by atoms with Gasteiger partial charge in [-0.15, -0.1) is 0 Å². The number of aromatic nitrogens is 2. The molecule has 0 aliphatic carbocycles. The maximum absolute atomic E-state index is 4.68. The number of benzene rings is 1. The van der Waals surface area contributed by atoms with Gasteiger partial charge in [0.25, 0.3) is 0 Å². The normalized spacial score (nSPS) is 10.5. The molecule has 1 heterocycles. The molecule has 1 aromatic heterocycles. The van der Waals surface area contributed by atoms with Crippen LogP contribution in [0.1, 0.15) is 31.4 Å². The highest BCUT2D eigenvalue weighted by Crippen LogP contribution is 2.26. The van der Waals surface area contributed by atoms with Gasteiger partial charge in [0.15, 0.2) is 0 Å². The Morgan fingerprint density at radius 3 is 2.43 bits per heavy atom. The van der Waals surface area contributed by atoms with Crippen molar-refractivity contribution in [2.24, 2.45) is 0 Å². The molecule has 4 heteroatoms. The van der Waals surface area contributed by atoms with Crippen molar-refractivity contribution in [2.45, 2.75) is 34.1 Å². The Kier molecular flexibility index (Phi) is 5.14. The van der Waals surface area contributed by atoms with Crippen LogP contribution in [0.2, 0.25) is 0 Å². The van der Waals surface area contributed by atoms with Gasteiger partial charge in [-0.25, -0.2) is 4.98 Å². The lowest BCUT2D eigenvalue weighted by atomic mass is 10.2. The van der Waals surface area contributed by atoms with Crippen LogP contribution in [0.5, 0.6) is 0 Å². The zero-order valence-electron chi connectivity index (χ0n) is 13.3. The molecule has 2 rings (SSSR count). The predicted molar refractivity (Wildman–Crippen MR) is 89.4 cm³/mol. The molecule has 0 spiro atoms. The number of aryl methyl sites for hydroxylation is 2. The molecular formula is C17H24N4. The lowest BCUT2D eigenvalue weighted by molar-refractivity contribution is 0.927. The molecule has 2 aromatic rings. The van der Waals surface area contributed by atoms with Crippen LogP contribution >= 0.6 is 0 Å². The van der Waals surface area contributed by atoms with Crippen LogP contribution in [0, 0.1) is 13.8 Å². The van der Waals surface area contributed by atoms with E-state index >= 15 is 0 Å². The SMILES string of the molecule is CCCNc1ncc(C)c(N(CC)c2ccc(C)cc2)n1. The topological polar surface area (TPSA) is 41.1 Å². The highest BCUT2D eigenvalue weighted by atomic mass is 15.2. The average Bonchev–Trinajstić information content (AvgIpc) is 2.50. The number of anilines is 3. The van der Waals surface area contributed by atoms with Crippen molar-refractivity contribution < 1.29 is 0 Å². The van der Waals surface area contributed by atoms with Gasteiger partial charge < -0.3 is 10.2 Å². The van der Waals surface area contributed by atoms with Crippen molar-refractivity contribution in [2.75, 3.05) is 23.3 Å². The summed E-state index contributed by atoms with van der Waals surface area (Å²) in [6.45, 7) is 10.2. The lowest BCUT2D eigenvalue weighted by Gasteiger charge is -2.24. The summed E-state index contributed by atoms with van der Waals surface area (Å²) in [6.07, 6.45) is 2.94. The van der Waals surface area contributed by atoms with E-state index in [1.54, 1.807) is 0 Å². The minimum Gasteiger partial charge on any atom is -0.354 e. The first-order chi connectivity index (χ1) is 10.2. The van der Waals surface area contributed by atoms with E-state index in [4.69, 9.17) is 0 Å². The van der Waals surface area contributed by atoms with Gasteiger partial charge in [0.05, 0.1) is 0 Å². The van der Waals surface area contributed by atoms with Gasteiger partial charge in [0, 0.05) is 30.5 Å². The average molecular weight is 284 g/mol. The van der Waals surface area contributed by atoms with E-state index in [2.05, 4.69) is 72.1 Å². The quantitative estimate of drug-likeness (QED) is 0.868. The van der Waals surface area contributed by atoms with E-state index in [0.717, 1.165) is 36.6 Å². The molecule has 0 bridgehead atoms. The molecular weight excluding hydrogens is 260 g/mol. The third kappa shape index (κ3) is 3.72. The zero-order valence-corrected chi connectivity index (χ0v) is 13.3. The van der Waals surface area contributed by atoms with Gasteiger partial charge in [-0.1, -0.05) is 24.6 Å². The molecule has 0 aliphatic rings. The molecule has 21 heavy (non-hydrogen) atoms. The summed E-state index contributed by atoms with van der Waals surface area (Å²) in [5, 5.41) is 3.25. The predicted octanol–water partition coefficient (Wildman–Crippen LogP) is 4.07. The Morgan fingerprint density at radius 2 is 1.81 bits per heavy atom. The number of hydrogen-bond donors (Lipinski definition) is 1. The van der Waals surface area contributed by atoms with Crippen LogP contribution < -0.4 is 10.2 Å². The Bertz CT molecular complexity index is 578. The highest BCUT2D eigenvalue weighted by molar-refractivity contribution is 5.63. The van der Waals surface area contributed by atoms with Crippen molar-refractivity contribution in [3.8, 4) is 0 Å². The van der Waals surface area contributed by atoms with Crippen LogP contribution in [-0.4, -0.2) is 23.1 Å². The van der Waals surface area contributed by atoms with Crippen LogP contribution in [0.15, 0.2) is 30.5 Å². The van der Waals surface area contributed by atoms with Crippen molar-refractivity contribution >= 4 is 17.5 Å². The van der Waals surface area contributed by atoms with Gasteiger partial charge >= 0.3 is 0 Å². The van der Waals surface area contributed by atoms with Crippen molar-refractivity contribution in [1.29, 1.82) is 0 Å². The summed E-state index contributed by atoms with van der Waals surface area (Å²) in [4.78, 5) is 11.3. The van der Waals surface area contributed by atoms with Crippen molar-refractivity contribution in [1.82, 2.24) is 9.97 Å². The van der Waals surface area contributed by atoms with Crippen LogP contribution in [0.25, 0.3) is 0 Å². The second kappa shape index (κ2) is 7.07. The standard InChI is InChI=1S/C17H24N4/c1-5-11-18-17-19-12-14(4)16(20-17)21(6-2)15-9-7-13(3)8-10-15/h7-10,12H,5-6,11H2,1-4H3,(H,18,19,20). The molecule has 0 aliphatic heterocycles. The maximum Gasteiger partial charge on any atom is 0.224 e. The third-order valence-corrected chi connectivity index (χ3v) is 3.40. The Hall–Kier alpha value is -2.10. The maximum atomic E-state index is 4.68. The lowest BCUT2D eigenvalue weighted by Crippen LogP contribution is -2.19. The van der Waals surface area contributed by atoms with Crippen molar-refractivity contribution in [3.63, 3.8) is 0 Å². The molecule has 112 valence electrons. The summed E-state index contributed by atoms with van der Waals surface area (Å²) >= 11 is 0. The fraction of sp³-hybridized carbons (Fsp3) is 0.412. The molecule has 0 unspecified atom stereocenters. The van der Waals surface area contributed by atoms with Gasteiger partial charge in [-0.3, -0.25) is 0 Å². The molecule has 4 nitrogen and oxygen atoms in total. The largest absolute Gasteiger partial charge is 0.354 e. The minimum absolute atomic E-state index is 0.697. The molecule has 0 saturated carbocycles. The molecule has 0 fully saturated rings. The Labute approximate surface area is 127 Å². The van der Waals surface area contributed by atoms with E-state index in [1.807, 2.05) is 6.20 Å². The monoisotopic (exact) mass is 284 g/mol. The minimum atomic E-state index is 0.697. The highest BCUT2D eigenvalue weighted by Gasteiger charge is 2.13. The number of nitrogens with one attached hydrogen (secondary N) is 1. The summed E-state index contributed by atoms with van der Waals surface area (Å²) in [7, 11) is 0. The van der Waals surface area contributed by atoms with E-state index in [1.165, 1.54) is 5.56 Å². The zero-order chi connectivity index (χ0) is 15.2. The summed E-state index contributed by atoms with van der Waals surface area (Å²) < 4.78 is 0. The van der Waals surface area contributed by atoms with Gasteiger partial charge in [-0.05, 0) is 39.3 Å². The summed E-state index contributed by atoms with van der Waals surface area (Å²) in [5.41, 5.74) is 3.50. The van der Waals surface area contributed by atoms with E-state index in [9.17, 15) is 0 Å². The second-order valence-corrected chi connectivity index (χ2v) is 5.21. The molecule has 0 atom stereocenters. The van der Waals surface area contributed by atoms with Gasteiger partial charge in [0.2, 0.25) is 5.95 Å². The van der Waals surface area contributed by atoms with Crippen molar-refractivity contribution in [3.05, 3.63) is 41.6 Å². The van der Waals surface area contributed by atoms with E-state index in [-0.39, 0.29) is 0 Å². The van der Waals surface area contributed by atoms with Crippen LogP contribution in [0.3, 0.4) is 0 Å². The second-order valence-electron chi connectivity index (χ2n) is 5.21. The molecule has 1 aromatic carbocycles. The first-order valence-electron chi connectivity index (χ1n) is 7.57. The molecule has 0 radical (unpaired) electrons. The Morgan fingerprint density at radius 1 is 1.10 bits per heavy atom. The van der Waals surface area contributed by atoms with Crippen LogP contribution in [0.4, 0.5) is 17.5 Å². The first kappa shape index (κ1) is 15.3. The van der Waals surface area contributed by atoms with E-state index in [0.29, 0.717) is 5.95 Å². The van der Waals surface area contributed by atoms with Gasteiger partial charge in [0.1, 0.15) is 5.82 Å². The molecule has 0 amide bonds. The smallest absolute Gasteiger partial charge is 0.224 e. The first-order valence-corrected chi connectivity index (χ1v) is 7.57. The number of nitrogens with zero attached hydrogens (tertiary/aromatic N) is 3.